The van der Waals surface area contributed by atoms with Crippen LogP contribution < -0.4 is 4.74 Å². The van der Waals surface area contributed by atoms with E-state index >= 15 is 0 Å². The first kappa shape index (κ1) is 11.8. The summed E-state index contributed by atoms with van der Waals surface area (Å²) in [5, 5.41) is 8.81. The average molecular weight is 341 g/mol. The first-order valence-corrected chi connectivity index (χ1v) is 5.87. The molecule has 0 aliphatic carbocycles. The molecule has 0 saturated carbocycles. The number of para-hydroxylation sites is 1. The molecule has 1 N–H and O–H groups in total. The van der Waals surface area contributed by atoms with Crippen molar-refractivity contribution < 1.29 is 14.6 Å². The highest BCUT2D eigenvalue weighted by Crippen LogP contribution is 2.24. The van der Waals surface area contributed by atoms with Gasteiger partial charge in [0.2, 0.25) is 5.88 Å². The Morgan fingerprint density at radius 1 is 1.18 bits per heavy atom. The molecule has 17 heavy (non-hydrogen) atoms. The topological polar surface area (TPSA) is 59.4 Å². The number of rotatable bonds is 3. The number of carboxylic acids is 1. The minimum Gasteiger partial charge on any atom is -0.477 e. The van der Waals surface area contributed by atoms with Crippen molar-refractivity contribution in [2.75, 3.05) is 0 Å². The molecule has 0 aliphatic heterocycles. The van der Waals surface area contributed by atoms with E-state index in [0.717, 1.165) is 3.57 Å². The van der Waals surface area contributed by atoms with Crippen LogP contribution in [0.3, 0.4) is 0 Å². The van der Waals surface area contributed by atoms with E-state index in [4.69, 9.17) is 9.84 Å². The molecular formula is C12H8INO3. The maximum Gasteiger partial charge on any atom is 0.354 e. The maximum atomic E-state index is 10.8. The SMILES string of the molecule is O=C(O)c1cccc(Oc2ccccc2I)n1. The quantitative estimate of drug-likeness (QED) is 0.872. The fourth-order valence-corrected chi connectivity index (χ4v) is 1.73. The molecule has 0 fully saturated rings. The van der Waals surface area contributed by atoms with Crippen LogP contribution in [-0.4, -0.2) is 16.1 Å². The molecule has 2 rings (SSSR count). The van der Waals surface area contributed by atoms with Gasteiger partial charge in [0.1, 0.15) is 5.75 Å². The van der Waals surface area contributed by atoms with Gasteiger partial charge in [0.15, 0.2) is 5.69 Å². The van der Waals surface area contributed by atoms with Gasteiger partial charge in [-0.25, -0.2) is 9.78 Å². The summed E-state index contributed by atoms with van der Waals surface area (Å²) >= 11 is 2.14. The van der Waals surface area contributed by atoms with Crippen LogP contribution in [0.4, 0.5) is 0 Å². The van der Waals surface area contributed by atoms with Crippen LogP contribution in [0.1, 0.15) is 10.5 Å². The summed E-state index contributed by atoms with van der Waals surface area (Å²) in [6, 6.07) is 12.1. The average Bonchev–Trinajstić information content (AvgIpc) is 2.32. The molecule has 1 aromatic carbocycles. The highest BCUT2D eigenvalue weighted by molar-refractivity contribution is 14.1. The number of benzene rings is 1. The number of ether oxygens (including phenoxy) is 1. The number of halogens is 1. The smallest absolute Gasteiger partial charge is 0.354 e. The predicted octanol–water partition coefficient (Wildman–Crippen LogP) is 3.18. The number of hydrogen-bond acceptors (Lipinski definition) is 3. The lowest BCUT2D eigenvalue weighted by molar-refractivity contribution is 0.0689. The first-order chi connectivity index (χ1) is 8.16. The van der Waals surface area contributed by atoms with Gasteiger partial charge in [0.05, 0.1) is 3.57 Å². The zero-order valence-corrected chi connectivity index (χ0v) is 10.8. The molecule has 0 radical (unpaired) electrons. The number of hydrogen-bond donors (Lipinski definition) is 1. The van der Waals surface area contributed by atoms with E-state index in [1.165, 1.54) is 6.07 Å². The first-order valence-electron chi connectivity index (χ1n) is 4.79. The normalized spacial score (nSPS) is 9.94. The minimum atomic E-state index is -1.07. The molecule has 0 atom stereocenters. The highest BCUT2D eigenvalue weighted by atomic mass is 127. The molecule has 1 heterocycles. The van der Waals surface area contributed by atoms with Crippen molar-refractivity contribution >= 4 is 28.6 Å². The molecule has 1 aromatic heterocycles. The Bertz CT molecular complexity index is 557. The van der Waals surface area contributed by atoms with Gasteiger partial charge in [-0.1, -0.05) is 18.2 Å². The third kappa shape index (κ3) is 2.94. The van der Waals surface area contributed by atoms with Crippen LogP contribution in [0.25, 0.3) is 0 Å². The number of carboxylic acid groups (broad SMARTS) is 1. The van der Waals surface area contributed by atoms with Gasteiger partial charge in [0, 0.05) is 6.07 Å². The third-order valence-electron chi connectivity index (χ3n) is 1.99. The minimum absolute atomic E-state index is 0.0339. The Morgan fingerprint density at radius 2 is 1.94 bits per heavy atom. The summed E-state index contributed by atoms with van der Waals surface area (Å²) in [5.41, 5.74) is -0.0339. The molecule has 0 bridgehead atoms. The molecule has 0 aliphatic rings. The molecule has 0 unspecified atom stereocenters. The van der Waals surface area contributed by atoms with Crippen molar-refractivity contribution in [3.8, 4) is 11.6 Å². The summed E-state index contributed by atoms with van der Waals surface area (Å²) in [6.45, 7) is 0. The van der Waals surface area contributed by atoms with E-state index in [0.29, 0.717) is 5.75 Å². The van der Waals surface area contributed by atoms with Crippen molar-refractivity contribution in [3.63, 3.8) is 0 Å². The van der Waals surface area contributed by atoms with Crippen LogP contribution in [-0.2, 0) is 0 Å². The predicted molar refractivity (Wildman–Crippen MR) is 70.4 cm³/mol. The fourth-order valence-electron chi connectivity index (χ4n) is 1.23. The Kier molecular flexibility index (Phi) is 3.58. The molecule has 86 valence electrons. The van der Waals surface area contributed by atoms with Gasteiger partial charge in [-0.3, -0.25) is 0 Å². The number of aromatic carboxylic acids is 1. The molecule has 5 heteroatoms. The molecule has 0 saturated heterocycles. The summed E-state index contributed by atoms with van der Waals surface area (Å²) in [5.74, 6) is -0.143. The van der Waals surface area contributed by atoms with Crippen molar-refractivity contribution in [1.82, 2.24) is 4.98 Å². The van der Waals surface area contributed by atoms with Gasteiger partial charge in [-0.2, -0.15) is 0 Å². The van der Waals surface area contributed by atoms with Crippen LogP contribution in [0.15, 0.2) is 42.5 Å². The van der Waals surface area contributed by atoms with Crippen molar-refractivity contribution in [2.24, 2.45) is 0 Å². The van der Waals surface area contributed by atoms with Gasteiger partial charge in [-0.15, -0.1) is 0 Å². The highest BCUT2D eigenvalue weighted by Gasteiger charge is 2.07. The Labute approximate surface area is 111 Å². The standard InChI is InChI=1S/C12H8INO3/c13-8-4-1-2-6-10(8)17-11-7-3-5-9(14-11)12(15)16/h1-7H,(H,15,16). The Balaban J connectivity index is 2.28. The molecular weight excluding hydrogens is 333 g/mol. The van der Waals surface area contributed by atoms with E-state index in [1.807, 2.05) is 18.2 Å². The number of nitrogens with zero attached hydrogens (tertiary/aromatic N) is 1. The number of aromatic nitrogens is 1. The summed E-state index contributed by atoms with van der Waals surface area (Å²) in [4.78, 5) is 14.6. The zero-order valence-electron chi connectivity index (χ0n) is 8.63. The number of carbonyl (C=O) groups is 1. The maximum absolute atomic E-state index is 10.8. The van der Waals surface area contributed by atoms with Crippen molar-refractivity contribution in [1.29, 1.82) is 0 Å². The van der Waals surface area contributed by atoms with Crippen molar-refractivity contribution in [2.45, 2.75) is 0 Å². The largest absolute Gasteiger partial charge is 0.477 e. The zero-order chi connectivity index (χ0) is 12.3. The third-order valence-corrected chi connectivity index (χ3v) is 2.89. The van der Waals surface area contributed by atoms with E-state index < -0.39 is 5.97 Å². The summed E-state index contributed by atoms with van der Waals surface area (Å²) < 4.78 is 6.46. The summed E-state index contributed by atoms with van der Waals surface area (Å²) in [6.07, 6.45) is 0. The van der Waals surface area contributed by atoms with Crippen LogP contribution >= 0.6 is 22.6 Å². The molecule has 4 nitrogen and oxygen atoms in total. The number of pyridine rings is 1. The second kappa shape index (κ2) is 5.13. The molecule has 0 spiro atoms. The van der Waals surface area contributed by atoms with E-state index in [-0.39, 0.29) is 11.6 Å². The van der Waals surface area contributed by atoms with Gasteiger partial charge >= 0.3 is 5.97 Å². The fraction of sp³-hybridized carbons (Fsp3) is 0. The van der Waals surface area contributed by atoms with E-state index in [9.17, 15) is 4.79 Å². The monoisotopic (exact) mass is 341 g/mol. The van der Waals surface area contributed by atoms with E-state index in [1.54, 1.807) is 18.2 Å². The lowest BCUT2D eigenvalue weighted by Crippen LogP contribution is -2.01. The van der Waals surface area contributed by atoms with Crippen LogP contribution in [0.5, 0.6) is 11.6 Å². The van der Waals surface area contributed by atoms with E-state index in [2.05, 4.69) is 27.6 Å². The lowest BCUT2D eigenvalue weighted by atomic mass is 10.3. The summed E-state index contributed by atoms with van der Waals surface area (Å²) in [7, 11) is 0. The van der Waals surface area contributed by atoms with Gasteiger partial charge in [0.25, 0.3) is 0 Å². The Hall–Kier alpha value is -1.63. The Morgan fingerprint density at radius 3 is 2.65 bits per heavy atom. The second-order valence-electron chi connectivity index (χ2n) is 3.20. The van der Waals surface area contributed by atoms with Crippen LogP contribution in [0, 0.1) is 3.57 Å². The van der Waals surface area contributed by atoms with Crippen LogP contribution in [0.2, 0.25) is 0 Å². The molecule has 0 amide bonds. The lowest BCUT2D eigenvalue weighted by Gasteiger charge is -2.06. The van der Waals surface area contributed by atoms with Gasteiger partial charge < -0.3 is 9.84 Å². The molecule has 2 aromatic rings. The second-order valence-corrected chi connectivity index (χ2v) is 4.36. The van der Waals surface area contributed by atoms with Crippen molar-refractivity contribution in [3.05, 3.63) is 51.7 Å². The van der Waals surface area contributed by atoms with Gasteiger partial charge in [-0.05, 0) is 40.8 Å².